The predicted molar refractivity (Wildman–Crippen MR) is 78.9 cm³/mol. The molecule has 2 heterocycles. The number of fused-ring (bicyclic) bond motifs is 1. The molecule has 0 spiro atoms. The van der Waals surface area contributed by atoms with Crippen LogP contribution in [0.1, 0.15) is 17.0 Å². The fourth-order valence-electron chi connectivity index (χ4n) is 1.95. The molecule has 3 rings (SSSR count). The lowest BCUT2D eigenvalue weighted by atomic mass is 10.2. The van der Waals surface area contributed by atoms with Crippen molar-refractivity contribution in [2.75, 3.05) is 5.43 Å². The largest absolute Gasteiger partial charge is 0.443 e. The standard InChI is InChI=1S/C15H13FN4O/c1-9-7-13-10(2)18-15(19-14(13)21-9)20-17-8-11-3-5-12(16)6-4-11/h3-8H,1-2H3,(H,18,19,20)/b17-8+. The smallest absolute Gasteiger partial charge is 0.247 e. The topological polar surface area (TPSA) is 63.3 Å². The molecule has 0 atom stereocenters. The number of anilines is 1. The van der Waals surface area contributed by atoms with E-state index in [1.54, 1.807) is 18.3 Å². The number of halogens is 1. The van der Waals surface area contributed by atoms with Crippen LogP contribution in [-0.4, -0.2) is 16.2 Å². The van der Waals surface area contributed by atoms with Gasteiger partial charge in [-0.25, -0.2) is 14.8 Å². The average molecular weight is 284 g/mol. The van der Waals surface area contributed by atoms with E-state index < -0.39 is 0 Å². The molecule has 0 aliphatic heterocycles. The molecule has 1 aromatic carbocycles. The summed E-state index contributed by atoms with van der Waals surface area (Å²) in [6, 6.07) is 7.91. The number of hydrogen-bond acceptors (Lipinski definition) is 5. The van der Waals surface area contributed by atoms with Crippen LogP contribution in [0.15, 0.2) is 39.9 Å². The molecule has 0 saturated heterocycles. The minimum atomic E-state index is -0.280. The van der Waals surface area contributed by atoms with Crippen molar-refractivity contribution >= 4 is 23.3 Å². The zero-order chi connectivity index (χ0) is 14.8. The number of hydrogen-bond donors (Lipinski definition) is 1. The molecule has 6 heteroatoms. The molecule has 0 aliphatic rings. The molecule has 5 nitrogen and oxygen atoms in total. The number of benzene rings is 1. The van der Waals surface area contributed by atoms with Gasteiger partial charge >= 0.3 is 0 Å². The Labute approximate surface area is 120 Å². The maximum Gasteiger partial charge on any atom is 0.247 e. The number of aryl methyl sites for hydroxylation is 2. The monoisotopic (exact) mass is 284 g/mol. The molecule has 106 valence electrons. The maximum absolute atomic E-state index is 12.8. The van der Waals surface area contributed by atoms with Gasteiger partial charge in [0.2, 0.25) is 11.7 Å². The van der Waals surface area contributed by atoms with E-state index >= 15 is 0 Å². The summed E-state index contributed by atoms with van der Waals surface area (Å²) in [7, 11) is 0. The Morgan fingerprint density at radius 1 is 1.19 bits per heavy atom. The third kappa shape index (κ3) is 2.89. The van der Waals surface area contributed by atoms with Crippen molar-refractivity contribution in [2.45, 2.75) is 13.8 Å². The number of hydrazone groups is 1. The first-order valence-electron chi connectivity index (χ1n) is 6.41. The number of rotatable bonds is 3. The predicted octanol–water partition coefficient (Wildman–Crippen LogP) is 3.42. The van der Waals surface area contributed by atoms with Crippen molar-refractivity contribution in [3.8, 4) is 0 Å². The summed E-state index contributed by atoms with van der Waals surface area (Å²) in [6.07, 6.45) is 1.57. The SMILES string of the molecule is Cc1cc2c(C)nc(N/N=C/c3ccc(F)cc3)nc2o1. The molecule has 1 N–H and O–H groups in total. The zero-order valence-corrected chi connectivity index (χ0v) is 11.6. The minimum Gasteiger partial charge on any atom is -0.443 e. The molecular weight excluding hydrogens is 271 g/mol. The van der Waals surface area contributed by atoms with Gasteiger partial charge < -0.3 is 4.42 Å². The summed E-state index contributed by atoms with van der Waals surface area (Å²) in [5.74, 6) is 0.861. The Hall–Kier alpha value is -2.76. The quantitative estimate of drug-likeness (QED) is 0.591. The first-order valence-corrected chi connectivity index (χ1v) is 6.41. The van der Waals surface area contributed by atoms with E-state index in [0.717, 1.165) is 22.4 Å². The van der Waals surface area contributed by atoms with Crippen LogP contribution in [0.5, 0.6) is 0 Å². The second kappa shape index (κ2) is 5.32. The number of nitrogens with zero attached hydrogens (tertiary/aromatic N) is 3. The second-order valence-electron chi connectivity index (χ2n) is 4.63. The van der Waals surface area contributed by atoms with Crippen molar-refractivity contribution in [3.05, 3.63) is 53.2 Å². The van der Waals surface area contributed by atoms with Gasteiger partial charge in [0.25, 0.3) is 0 Å². The first kappa shape index (κ1) is 13.2. The third-order valence-electron chi connectivity index (χ3n) is 2.95. The Morgan fingerprint density at radius 3 is 2.71 bits per heavy atom. The van der Waals surface area contributed by atoms with Crippen molar-refractivity contribution in [3.63, 3.8) is 0 Å². The van der Waals surface area contributed by atoms with Crippen molar-refractivity contribution in [2.24, 2.45) is 5.10 Å². The van der Waals surface area contributed by atoms with E-state index in [9.17, 15) is 4.39 Å². The molecule has 3 aromatic rings. The Balaban J connectivity index is 1.80. The molecular formula is C15H13FN4O. The van der Waals surface area contributed by atoms with Crippen LogP contribution in [0.3, 0.4) is 0 Å². The summed E-state index contributed by atoms with van der Waals surface area (Å²) < 4.78 is 18.3. The van der Waals surface area contributed by atoms with Crippen LogP contribution in [0.2, 0.25) is 0 Å². The van der Waals surface area contributed by atoms with Crippen LogP contribution < -0.4 is 5.43 Å². The Kier molecular flexibility index (Phi) is 3.35. The summed E-state index contributed by atoms with van der Waals surface area (Å²) in [5.41, 5.74) is 4.86. The fourth-order valence-corrected chi connectivity index (χ4v) is 1.95. The van der Waals surface area contributed by atoms with Gasteiger partial charge in [-0.1, -0.05) is 12.1 Å². The van der Waals surface area contributed by atoms with Gasteiger partial charge in [-0.05, 0) is 37.6 Å². The van der Waals surface area contributed by atoms with Gasteiger partial charge in [-0.3, -0.25) is 0 Å². The van der Waals surface area contributed by atoms with Gasteiger partial charge in [0, 0.05) is 0 Å². The van der Waals surface area contributed by atoms with E-state index in [1.165, 1.54) is 12.1 Å². The van der Waals surface area contributed by atoms with Gasteiger partial charge in [0.05, 0.1) is 17.3 Å². The van der Waals surface area contributed by atoms with Gasteiger partial charge in [-0.15, -0.1) is 0 Å². The highest BCUT2D eigenvalue weighted by atomic mass is 19.1. The maximum atomic E-state index is 12.8. The van der Waals surface area contributed by atoms with Crippen molar-refractivity contribution < 1.29 is 8.81 Å². The Bertz CT molecular complexity index is 808. The fraction of sp³-hybridized carbons (Fsp3) is 0.133. The average Bonchev–Trinajstić information content (AvgIpc) is 2.82. The molecule has 0 unspecified atom stereocenters. The number of furan rings is 1. The van der Waals surface area contributed by atoms with Crippen LogP contribution in [0.4, 0.5) is 10.3 Å². The molecule has 0 radical (unpaired) electrons. The number of nitrogens with one attached hydrogen (secondary N) is 1. The summed E-state index contributed by atoms with van der Waals surface area (Å²) in [6.45, 7) is 3.74. The minimum absolute atomic E-state index is 0.280. The highest BCUT2D eigenvalue weighted by Gasteiger charge is 2.08. The van der Waals surface area contributed by atoms with Crippen LogP contribution in [-0.2, 0) is 0 Å². The lowest BCUT2D eigenvalue weighted by Gasteiger charge is -2.00. The highest BCUT2D eigenvalue weighted by Crippen LogP contribution is 2.20. The summed E-state index contributed by atoms with van der Waals surface area (Å²) in [5, 5.41) is 4.92. The molecule has 2 aromatic heterocycles. The highest BCUT2D eigenvalue weighted by molar-refractivity contribution is 5.80. The van der Waals surface area contributed by atoms with E-state index in [1.807, 2.05) is 19.9 Å². The third-order valence-corrected chi connectivity index (χ3v) is 2.95. The van der Waals surface area contributed by atoms with Crippen LogP contribution in [0.25, 0.3) is 11.1 Å². The normalized spacial score (nSPS) is 11.4. The number of aromatic nitrogens is 2. The van der Waals surface area contributed by atoms with Gasteiger partial charge in [0.1, 0.15) is 11.6 Å². The molecule has 0 amide bonds. The van der Waals surface area contributed by atoms with Gasteiger partial charge in [0.15, 0.2) is 0 Å². The van der Waals surface area contributed by atoms with Gasteiger partial charge in [-0.2, -0.15) is 10.1 Å². The van der Waals surface area contributed by atoms with E-state index in [2.05, 4.69) is 20.5 Å². The second-order valence-corrected chi connectivity index (χ2v) is 4.63. The molecule has 21 heavy (non-hydrogen) atoms. The van der Waals surface area contributed by atoms with Crippen LogP contribution >= 0.6 is 0 Å². The molecule has 0 saturated carbocycles. The zero-order valence-electron chi connectivity index (χ0n) is 11.6. The van der Waals surface area contributed by atoms with Crippen molar-refractivity contribution in [1.82, 2.24) is 9.97 Å². The lowest BCUT2D eigenvalue weighted by molar-refractivity contribution is 0.567. The van der Waals surface area contributed by atoms with E-state index in [0.29, 0.717) is 11.7 Å². The van der Waals surface area contributed by atoms with E-state index in [4.69, 9.17) is 4.42 Å². The first-order chi connectivity index (χ1) is 10.1. The van der Waals surface area contributed by atoms with Crippen LogP contribution in [0, 0.1) is 19.7 Å². The molecule has 0 aliphatic carbocycles. The summed E-state index contributed by atoms with van der Waals surface area (Å²) in [4.78, 5) is 8.54. The lowest BCUT2D eigenvalue weighted by Crippen LogP contribution is -1.98. The van der Waals surface area contributed by atoms with Crippen molar-refractivity contribution in [1.29, 1.82) is 0 Å². The molecule has 0 fully saturated rings. The summed E-state index contributed by atoms with van der Waals surface area (Å²) >= 11 is 0. The Morgan fingerprint density at radius 2 is 1.95 bits per heavy atom. The van der Waals surface area contributed by atoms with E-state index in [-0.39, 0.29) is 5.82 Å². The molecule has 0 bridgehead atoms.